The quantitative estimate of drug-likeness (QED) is 0.844. The molecule has 110 valence electrons. The molecule has 0 radical (unpaired) electrons. The molecular weight excluding hydrogens is 328 g/mol. The minimum absolute atomic E-state index is 0.0342. The Bertz CT molecular complexity index is 652. The zero-order valence-electron chi connectivity index (χ0n) is 12.5. The van der Waals surface area contributed by atoms with E-state index in [9.17, 15) is 4.79 Å². The summed E-state index contributed by atoms with van der Waals surface area (Å²) in [4.78, 5) is 10.9. The molecular formula is C18H19BrO2. The lowest BCUT2D eigenvalue weighted by Gasteiger charge is -2.19. The molecule has 1 N–H and O–H groups in total. The van der Waals surface area contributed by atoms with Crippen molar-refractivity contribution in [3.63, 3.8) is 0 Å². The highest BCUT2D eigenvalue weighted by atomic mass is 79.9. The van der Waals surface area contributed by atoms with Crippen LogP contribution in [0.1, 0.15) is 31.9 Å². The van der Waals surface area contributed by atoms with Crippen LogP contribution in [0.5, 0.6) is 0 Å². The number of rotatable bonds is 3. The Labute approximate surface area is 134 Å². The van der Waals surface area contributed by atoms with Gasteiger partial charge in [0.1, 0.15) is 0 Å². The standard InChI is InChI=1S/C18H19BrO2/c1-18(2,3)15-6-4-13(5-7-15)14-8-12(10-17(20)21)9-16(19)11-14/h4-9,11H,10H2,1-3H3,(H,20,21). The first-order chi connectivity index (χ1) is 9.75. The van der Waals surface area contributed by atoms with Crippen molar-refractivity contribution < 1.29 is 9.90 Å². The average molecular weight is 347 g/mol. The number of benzene rings is 2. The van der Waals surface area contributed by atoms with Crippen LogP contribution in [0.15, 0.2) is 46.9 Å². The monoisotopic (exact) mass is 346 g/mol. The molecule has 0 unspecified atom stereocenters. The van der Waals surface area contributed by atoms with Crippen LogP contribution in [-0.2, 0) is 16.6 Å². The summed E-state index contributed by atoms with van der Waals surface area (Å²) in [6, 6.07) is 14.2. The van der Waals surface area contributed by atoms with Crippen LogP contribution in [0.3, 0.4) is 0 Å². The number of halogens is 1. The summed E-state index contributed by atoms with van der Waals surface area (Å²) < 4.78 is 0.899. The highest BCUT2D eigenvalue weighted by Gasteiger charge is 2.13. The molecule has 2 aromatic rings. The fourth-order valence-corrected chi connectivity index (χ4v) is 2.80. The van der Waals surface area contributed by atoms with Crippen molar-refractivity contribution in [3.8, 4) is 11.1 Å². The van der Waals surface area contributed by atoms with Crippen LogP contribution in [0, 0.1) is 0 Å². The third-order valence-electron chi connectivity index (χ3n) is 3.40. The molecule has 0 aromatic heterocycles. The van der Waals surface area contributed by atoms with Crippen LogP contribution in [0.4, 0.5) is 0 Å². The Balaban J connectivity index is 2.37. The number of hydrogen-bond acceptors (Lipinski definition) is 1. The first kappa shape index (κ1) is 15.8. The maximum atomic E-state index is 10.9. The molecule has 0 aliphatic heterocycles. The zero-order chi connectivity index (χ0) is 15.6. The second kappa shape index (κ2) is 6.02. The predicted octanol–water partition coefficient (Wildman–Crippen LogP) is 5.04. The molecule has 0 heterocycles. The first-order valence-electron chi connectivity index (χ1n) is 6.88. The van der Waals surface area contributed by atoms with Gasteiger partial charge in [0.2, 0.25) is 0 Å². The van der Waals surface area contributed by atoms with Gasteiger partial charge in [-0.15, -0.1) is 0 Å². The van der Waals surface area contributed by atoms with Gasteiger partial charge in [0.15, 0.2) is 0 Å². The van der Waals surface area contributed by atoms with Gasteiger partial charge in [-0.2, -0.15) is 0 Å². The summed E-state index contributed by atoms with van der Waals surface area (Å²) in [5.74, 6) is -0.817. The van der Waals surface area contributed by atoms with E-state index in [1.54, 1.807) is 0 Å². The van der Waals surface area contributed by atoms with Crippen molar-refractivity contribution in [2.24, 2.45) is 0 Å². The van der Waals surface area contributed by atoms with E-state index in [4.69, 9.17) is 5.11 Å². The Morgan fingerprint density at radius 3 is 2.19 bits per heavy atom. The highest BCUT2D eigenvalue weighted by molar-refractivity contribution is 9.10. The van der Waals surface area contributed by atoms with Crippen LogP contribution in [0.25, 0.3) is 11.1 Å². The normalized spacial score (nSPS) is 11.4. The van der Waals surface area contributed by atoms with Gasteiger partial charge in [-0.05, 0) is 39.8 Å². The molecule has 0 amide bonds. The van der Waals surface area contributed by atoms with Gasteiger partial charge in [-0.25, -0.2) is 0 Å². The Morgan fingerprint density at radius 2 is 1.67 bits per heavy atom. The third kappa shape index (κ3) is 4.18. The topological polar surface area (TPSA) is 37.3 Å². The van der Waals surface area contributed by atoms with E-state index < -0.39 is 5.97 Å². The van der Waals surface area contributed by atoms with Crippen LogP contribution in [0.2, 0.25) is 0 Å². The molecule has 0 atom stereocenters. The lowest BCUT2D eigenvalue weighted by atomic mass is 9.86. The molecule has 2 nitrogen and oxygen atoms in total. The fraction of sp³-hybridized carbons (Fsp3) is 0.278. The molecule has 0 bridgehead atoms. The molecule has 21 heavy (non-hydrogen) atoms. The lowest BCUT2D eigenvalue weighted by molar-refractivity contribution is -0.136. The Kier molecular flexibility index (Phi) is 4.52. The van der Waals surface area contributed by atoms with Crippen LogP contribution >= 0.6 is 15.9 Å². The molecule has 2 aromatic carbocycles. The van der Waals surface area contributed by atoms with Gasteiger partial charge in [0.25, 0.3) is 0 Å². The van der Waals surface area contributed by atoms with Crippen LogP contribution < -0.4 is 0 Å². The van der Waals surface area contributed by atoms with E-state index in [1.165, 1.54) is 5.56 Å². The van der Waals surface area contributed by atoms with Crippen molar-refractivity contribution in [2.45, 2.75) is 32.6 Å². The minimum Gasteiger partial charge on any atom is -0.481 e. The number of hydrogen-bond donors (Lipinski definition) is 1. The highest BCUT2D eigenvalue weighted by Crippen LogP contribution is 2.28. The second-order valence-electron chi connectivity index (χ2n) is 6.25. The zero-order valence-corrected chi connectivity index (χ0v) is 14.1. The lowest BCUT2D eigenvalue weighted by Crippen LogP contribution is -2.10. The molecule has 0 aliphatic rings. The minimum atomic E-state index is -0.817. The van der Waals surface area contributed by atoms with Gasteiger partial charge in [-0.3, -0.25) is 4.79 Å². The Morgan fingerprint density at radius 1 is 1.05 bits per heavy atom. The van der Waals surface area contributed by atoms with Gasteiger partial charge >= 0.3 is 5.97 Å². The molecule has 3 heteroatoms. The summed E-state index contributed by atoms with van der Waals surface area (Å²) in [6.45, 7) is 6.56. The Hall–Kier alpha value is -1.61. The van der Waals surface area contributed by atoms with Crippen LogP contribution in [-0.4, -0.2) is 11.1 Å². The molecule has 0 saturated heterocycles. The number of carboxylic acid groups (broad SMARTS) is 1. The van der Waals surface area contributed by atoms with Gasteiger partial charge < -0.3 is 5.11 Å². The van der Waals surface area contributed by atoms with Crippen molar-refractivity contribution in [1.82, 2.24) is 0 Å². The molecule has 0 spiro atoms. The van der Waals surface area contributed by atoms with Gasteiger partial charge in [0, 0.05) is 4.47 Å². The van der Waals surface area contributed by atoms with Gasteiger partial charge in [-0.1, -0.05) is 67.0 Å². The predicted molar refractivity (Wildman–Crippen MR) is 89.6 cm³/mol. The van der Waals surface area contributed by atoms with Gasteiger partial charge in [0.05, 0.1) is 6.42 Å². The number of carboxylic acids is 1. The maximum absolute atomic E-state index is 10.9. The van der Waals surface area contributed by atoms with Crippen molar-refractivity contribution in [2.75, 3.05) is 0 Å². The van der Waals surface area contributed by atoms with Crippen molar-refractivity contribution >= 4 is 21.9 Å². The van der Waals surface area contributed by atoms with E-state index in [0.717, 1.165) is 21.2 Å². The molecule has 0 aliphatic carbocycles. The number of aliphatic carboxylic acids is 1. The maximum Gasteiger partial charge on any atom is 0.307 e. The summed E-state index contributed by atoms with van der Waals surface area (Å²) in [5, 5.41) is 8.93. The average Bonchev–Trinajstić information content (AvgIpc) is 2.36. The van der Waals surface area contributed by atoms with Crippen molar-refractivity contribution in [1.29, 1.82) is 0 Å². The van der Waals surface area contributed by atoms with Crippen molar-refractivity contribution in [3.05, 3.63) is 58.1 Å². The summed E-state index contributed by atoms with van der Waals surface area (Å²) >= 11 is 3.45. The number of carbonyl (C=O) groups is 1. The van der Waals surface area contributed by atoms with E-state index >= 15 is 0 Å². The largest absolute Gasteiger partial charge is 0.481 e. The second-order valence-corrected chi connectivity index (χ2v) is 7.16. The SMILES string of the molecule is CC(C)(C)c1ccc(-c2cc(Br)cc(CC(=O)O)c2)cc1. The van der Waals surface area contributed by atoms with E-state index in [-0.39, 0.29) is 11.8 Å². The summed E-state index contributed by atoms with van der Waals surface area (Å²) in [7, 11) is 0. The first-order valence-corrected chi connectivity index (χ1v) is 7.67. The molecule has 0 fully saturated rings. The molecule has 2 rings (SSSR count). The summed E-state index contributed by atoms with van der Waals surface area (Å²) in [5.41, 5.74) is 4.33. The smallest absolute Gasteiger partial charge is 0.307 e. The molecule has 0 saturated carbocycles. The summed E-state index contributed by atoms with van der Waals surface area (Å²) in [6.07, 6.45) is 0.0342. The van der Waals surface area contributed by atoms with E-state index in [2.05, 4.69) is 61.0 Å². The van der Waals surface area contributed by atoms with E-state index in [0.29, 0.717) is 0 Å². The third-order valence-corrected chi connectivity index (χ3v) is 3.86. The fourth-order valence-electron chi connectivity index (χ4n) is 2.26. The van der Waals surface area contributed by atoms with E-state index in [1.807, 2.05) is 18.2 Å².